The Morgan fingerprint density at radius 2 is 1.86 bits per heavy atom. The van der Waals surface area contributed by atoms with Gasteiger partial charge in [0, 0.05) is 37.1 Å². The van der Waals surface area contributed by atoms with Crippen LogP contribution in [0.15, 0.2) is 18.5 Å². The average molecular weight is 419 g/mol. The summed E-state index contributed by atoms with van der Waals surface area (Å²) >= 11 is 0. The summed E-state index contributed by atoms with van der Waals surface area (Å²) in [5, 5.41) is 4.16. The molecular weight excluding hydrogens is 388 g/mol. The molecule has 2 aliphatic heterocycles. The predicted molar refractivity (Wildman–Crippen MR) is 115 cm³/mol. The van der Waals surface area contributed by atoms with Crippen molar-refractivity contribution in [2.24, 2.45) is 0 Å². The first-order chi connectivity index (χ1) is 14.0. The zero-order valence-corrected chi connectivity index (χ0v) is 17.9. The molecule has 8 nitrogen and oxygen atoms in total. The lowest BCUT2D eigenvalue weighted by atomic mass is 9.96. The van der Waals surface area contributed by atoms with Crippen molar-refractivity contribution in [1.29, 1.82) is 0 Å². The number of pyridine rings is 1. The smallest absolute Gasteiger partial charge is 0.215 e. The van der Waals surface area contributed by atoms with E-state index in [1.807, 2.05) is 6.07 Å². The SMILES string of the molecule is CN1CCC(c2nc(NCCS(=O)(=O)N3CCCCC3)c3ccncc3n2)CC1. The van der Waals surface area contributed by atoms with Crippen molar-refractivity contribution in [2.45, 2.75) is 38.0 Å². The van der Waals surface area contributed by atoms with Crippen LogP contribution in [0.5, 0.6) is 0 Å². The first-order valence-corrected chi connectivity index (χ1v) is 12.2. The highest BCUT2D eigenvalue weighted by Crippen LogP contribution is 2.28. The molecule has 4 rings (SSSR count). The third-order valence-corrected chi connectivity index (χ3v) is 7.83. The van der Waals surface area contributed by atoms with E-state index >= 15 is 0 Å². The van der Waals surface area contributed by atoms with E-state index in [0.29, 0.717) is 31.4 Å². The van der Waals surface area contributed by atoms with Crippen molar-refractivity contribution in [3.8, 4) is 0 Å². The van der Waals surface area contributed by atoms with Crippen LogP contribution in [0.2, 0.25) is 0 Å². The molecule has 2 fully saturated rings. The fourth-order valence-corrected chi connectivity index (χ4v) is 5.59. The molecule has 29 heavy (non-hydrogen) atoms. The molecule has 1 N–H and O–H groups in total. The minimum absolute atomic E-state index is 0.0765. The van der Waals surface area contributed by atoms with Crippen molar-refractivity contribution < 1.29 is 8.42 Å². The maximum absolute atomic E-state index is 12.6. The van der Waals surface area contributed by atoms with E-state index in [1.54, 1.807) is 16.7 Å². The van der Waals surface area contributed by atoms with Crippen molar-refractivity contribution in [3.05, 3.63) is 24.3 Å². The molecule has 0 bridgehead atoms. The molecule has 0 unspecified atom stereocenters. The Bertz CT molecular complexity index is 937. The van der Waals surface area contributed by atoms with Crippen molar-refractivity contribution in [3.63, 3.8) is 0 Å². The number of sulfonamides is 1. The van der Waals surface area contributed by atoms with Crippen LogP contribution >= 0.6 is 0 Å². The normalized spacial score (nSPS) is 20.2. The van der Waals surface area contributed by atoms with Crippen LogP contribution < -0.4 is 5.32 Å². The lowest BCUT2D eigenvalue weighted by Crippen LogP contribution is -2.38. The summed E-state index contributed by atoms with van der Waals surface area (Å²) in [5.74, 6) is 1.95. The van der Waals surface area contributed by atoms with Gasteiger partial charge in [-0.05, 0) is 51.9 Å². The summed E-state index contributed by atoms with van der Waals surface area (Å²) in [6.07, 6.45) is 8.56. The van der Waals surface area contributed by atoms with E-state index in [4.69, 9.17) is 9.97 Å². The third kappa shape index (κ3) is 4.84. The monoisotopic (exact) mass is 418 g/mol. The highest BCUT2D eigenvalue weighted by atomic mass is 32.2. The van der Waals surface area contributed by atoms with E-state index < -0.39 is 10.0 Å². The molecule has 0 aliphatic carbocycles. The van der Waals surface area contributed by atoms with E-state index in [9.17, 15) is 8.42 Å². The number of piperidine rings is 2. The summed E-state index contributed by atoms with van der Waals surface area (Å²) in [4.78, 5) is 16.1. The summed E-state index contributed by atoms with van der Waals surface area (Å²) in [6.45, 7) is 3.70. The molecule has 0 radical (unpaired) electrons. The number of anilines is 1. The van der Waals surface area contributed by atoms with E-state index in [1.165, 1.54) is 0 Å². The lowest BCUT2D eigenvalue weighted by molar-refractivity contribution is 0.251. The van der Waals surface area contributed by atoms with Gasteiger partial charge in [-0.15, -0.1) is 0 Å². The lowest BCUT2D eigenvalue weighted by Gasteiger charge is -2.28. The Balaban J connectivity index is 1.50. The van der Waals surface area contributed by atoms with Crippen LogP contribution in [-0.4, -0.2) is 78.1 Å². The molecule has 0 spiro atoms. The molecule has 0 aromatic carbocycles. The second kappa shape index (κ2) is 8.89. The van der Waals surface area contributed by atoms with Gasteiger partial charge in [-0.3, -0.25) is 4.98 Å². The van der Waals surface area contributed by atoms with Crippen molar-refractivity contribution in [2.75, 3.05) is 50.8 Å². The van der Waals surface area contributed by atoms with Gasteiger partial charge in [-0.2, -0.15) is 0 Å². The van der Waals surface area contributed by atoms with Gasteiger partial charge >= 0.3 is 0 Å². The van der Waals surface area contributed by atoms with E-state index in [0.717, 1.165) is 61.9 Å². The van der Waals surface area contributed by atoms with Crippen LogP contribution in [-0.2, 0) is 10.0 Å². The number of hydrogen-bond acceptors (Lipinski definition) is 7. The zero-order valence-electron chi connectivity index (χ0n) is 17.0. The van der Waals surface area contributed by atoms with Gasteiger partial charge in [0.25, 0.3) is 0 Å². The summed E-state index contributed by atoms with van der Waals surface area (Å²) in [6, 6.07) is 1.88. The molecule has 2 aliphatic rings. The van der Waals surface area contributed by atoms with Crippen LogP contribution in [0.1, 0.15) is 43.8 Å². The number of likely N-dealkylation sites (tertiary alicyclic amines) is 1. The van der Waals surface area contributed by atoms with Gasteiger partial charge in [0.2, 0.25) is 10.0 Å². The second-order valence-corrected chi connectivity index (χ2v) is 10.2. The largest absolute Gasteiger partial charge is 0.368 e. The van der Waals surface area contributed by atoms with Gasteiger partial charge in [-0.25, -0.2) is 22.7 Å². The number of aromatic nitrogens is 3. The number of nitrogens with one attached hydrogen (secondary N) is 1. The maximum atomic E-state index is 12.6. The Labute approximate surface area is 172 Å². The first kappa shape index (κ1) is 20.4. The molecule has 158 valence electrons. The summed E-state index contributed by atoms with van der Waals surface area (Å²) in [5.41, 5.74) is 0.804. The highest BCUT2D eigenvalue weighted by molar-refractivity contribution is 7.89. The van der Waals surface area contributed by atoms with Crippen molar-refractivity contribution >= 4 is 26.7 Å². The van der Waals surface area contributed by atoms with Gasteiger partial charge < -0.3 is 10.2 Å². The van der Waals surface area contributed by atoms with Gasteiger partial charge in [0.05, 0.1) is 17.5 Å². The van der Waals surface area contributed by atoms with Crippen LogP contribution in [0.4, 0.5) is 5.82 Å². The zero-order chi connectivity index (χ0) is 20.3. The number of nitrogens with zero attached hydrogens (tertiary/aromatic N) is 5. The number of hydrogen-bond donors (Lipinski definition) is 1. The van der Waals surface area contributed by atoms with Crippen LogP contribution in [0.3, 0.4) is 0 Å². The summed E-state index contributed by atoms with van der Waals surface area (Å²) in [7, 11) is -1.10. The Morgan fingerprint density at radius 3 is 2.62 bits per heavy atom. The number of rotatable bonds is 6. The second-order valence-electron chi connectivity index (χ2n) is 8.10. The maximum Gasteiger partial charge on any atom is 0.215 e. The predicted octanol–water partition coefficient (Wildman–Crippen LogP) is 2.06. The third-order valence-electron chi connectivity index (χ3n) is 5.96. The van der Waals surface area contributed by atoms with Gasteiger partial charge in [-0.1, -0.05) is 6.42 Å². The Kier molecular flexibility index (Phi) is 6.26. The Morgan fingerprint density at radius 1 is 1.10 bits per heavy atom. The van der Waals surface area contributed by atoms with Gasteiger partial charge in [0.15, 0.2) is 0 Å². The summed E-state index contributed by atoms with van der Waals surface area (Å²) < 4.78 is 26.9. The van der Waals surface area contributed by atoms with Gasteiger partial charge in [0.1, 0.15) is 11.6 Å². The molecule has 9 heteroatoms. The molecule has 0 amide bonds. The minimum Gasteiger partial charge on any atom is -0.368 e. The first-order valence-electron chi connectivity index (χ1n) is 10.5. The fourth-order valence-electron chi connectivity index (χ4n) is 4.15. The fraction of sp³-hybridized carbons (Fsp3) is 0.650. The quantitative estimate of drug-likeness (QED) is 0.768. The molecule has 4 heterocycles. The molecular formula is C20H30N6O2S. The molecule has 0 atom stereocenters. The highest BCUT2D eigenvalue weighted by Gasteiger charge is 2.24. The molecule has 2 saturated heterocycles. The van der Waals surface area contributed by atoms with Crippen molar-refractivity contribution in [1.82, 2.24) is 24.2 Å². The van der Waals surface area contributed by atoms with Crippen LogP contribution in [0, 0.1) is 0 Å². The van der Waals surface area contributed by atoms with E-state index in [-0.39, 0.29) is 5.75 Å². The topological polar surface area (TPSA) is 91.3 Å². The molecule has 2 aromatic heterocycles. The number of fused-ring (bicyclic) bond motifs is 1. The average Bonchev–Trinajstić information content (AvgIpc) is 2.74. The van der Waals surface area contributed by atoms with E-state index in [2.05, 4.69) is 22.2 Å². The Hall–Kier alpha value is -1.84. The van der Waals surface area contributed by atoms with Crippen LogP contribution in [0.25, 0.3) is 10.9 Å². The minimum atomic E-state index is -3.23. The molecule has 2 aromatic rings. The standard InChI is InChI=1S/C20H30N6O2S/c1-25-12-6-16(7-13-25)19-23-18-15-21-8-5-17(18)20(24-19)22-9-14-29(27,28)26-10-3-2-4-11-26/h5,8,15-16H,2-4,6-7,9-14H2,1H3,(H,22,23,24). The molecule has 0 saturated carbocycles.